The predicted molar refractivity (Wildman–Crippen MR) is 107 cm³/mol. The summed E-state index contributed by atoms with van der Waals surface area (Å²) in [6, 6.07) is 2.92. The van der Waals surface area contributed by atoms with Gasteiger partial charge in [0.15, 0.2) is 0 Å². The highest BCUT2D eigenvalue weighted by atomic mass is 35.5. The van der Waals surface area contributed by atoms with E-state index < -0.39 is 17.6 Å². The molecule has 7 nitrogen and oxygen atoms in total. The van der Waals surface area contributed by atoms with Crippen LogP contribution >= 0.6 is 11.6 Å². The maximum atomic E-state index is 14.4. The van der Waals surface area contributed by atoms with Gasteiger partial charge in [0, 0.05) is 23.5 Å². The molecule has 0 spiro atoms. The molecule has 3 aromatic rings. The molecule has 1 amide bonds. The lowest BCUT2D eigenvalue weighted by Crippen LogP contribution is -2.36. The number of alkyl halides is 1. The highest BCUT2D eigenvalue weighted by Crippen LogP contribution is 2.34. The molecule has 3 heterocycles. The molecule has 0 bridgehead atoms. The maximum absolute atomic E-state index is 14.4. The number of ether oxygens (including phenoxy) is 1. The summed E-state index contributed by atoms with van der Waals surface area (Å²) in [6.07, 6.45) is 4.58. The lowest BCUT2D eigenvalue weighted by molar-refractivity contribution is 0.1000. The van der Waals surface area contributed by atoms with Crippen LogP contribution in [0.15, 0.2) is 30.7 Å². The zero-order chi connectivity index (χ0) is 20.6. The standard InChI is InChI=1S/C19H21ClFN5O2/c1-10(19(2,3)21)25-16-14(17(22)27)8-24-26-9-11(5-15(16)26)13-6-12(20)7-23-18(13)28-4/h5-10,25H,1-4H3,(H2,22,27)/t10-/m1/s1. The largest absolute Gasteiger partial charge is 0.481 e. The average molecular weight is 406 g/mol. The fraction of sp³-hybridized carbons (Fsp3) is 0.316. The number of rotatable bonds is 6. The molecular weight excluding hydrogens is 385 g/mol. The Labute approximate surface area is 166 Å². The van der Waals surface area contributed by atoms with Gasteiger partial charge < -0.3 is 15.8 Å². The Morgan fingerprint density at radius 3 is 2.71 bits per heavy atom. The number of nitrogens with two attached hydrogens (primary N) is 1. The van der Waals surface area contributed by atoms with Gasteiger partial charge in [-0.05, 0) is 32.9 Å². The number of amides is 1. The first-order chi connectivity index (χ1) is 13.1. The number of fused-ring (bicyclic) bond motifs is 1. The summed E-state index contributed by atoms with van der Waals surface area (Å²) in [5.74, 6) is -0.269. The zero-order valence-electron chi connectivity index (χ0n) is 16.0. The van der Waals surface area contributed by atoms with Crippen molar-refractivity contribution in [2.24, 2.45) is 5.73 Å². The van der Waals surface area contributed by atoms with E-state index in [0.717, 1.165) is 5.56 Å². The number of hydrogen-bond donors (Lipinski definition) is 2. The highest BCUT2D eigenvalue weighted by molar-refractivity contribution is 6.30. The fourth-order valence-corrected chi connectivity index (χ4v) is 2.88. The number of pyridine rings is 1. The van der Waals surface area contributed by atoms with Gasteiger partial charge >= 0.3 is 0 Å². The number of primary amides is 1. The molecule has 3 N–H and O–H groups in total. The van der Waals surface area contributed by atoms with E-state index in [1.807, 2.05) is 0 Å². The topological polar surface area (TPSA) is 94.5 Å². The summed E-state index contributed by atoms with van der Waals surface area (Å²) in [6.45, 7) is 4.60. The molecule has 0 radical (unpaired) electrons. The molecule has 0 aliphatic carbocycles. The number of carbonyl (C=O) groups excluding carboxylic acids is 1. The molecule has 0 saturated heterocycles. The fourth-order valence-electron chi connectivity index (χ4n) is 2.73. The zero-order valence-corrected chi connectivity index (χ0v) is 16.7. The van der Waals surface area contributed by atoms with Gasteiger partial charge in [0.05, 0.1) is 41.1 Å². The van der Waals surface area contributed by atoms with E-state index in [1.54, 1.807) is 29.8 Å². The van der Waals surface area contributed by atoms with Crippen LogP contribution in [0.3, 0.4) is 0 Å². The summed E-state index contributed by atoms with van der Waals surface area (Å²) >= 11 is 6.08. The highest BCUT2D eigenvalue weighted by Gasteiger charge is 2.27. The second-order valence-electron chi connectivity index (χ2n) is 7.00. The van der Waals surface area contributed by atoms with E-state index in [-0.39, 0.29) is 5.56 Å². The number of carbonyl (C=O) groups is 1. The van der Waals surface area contributed by atoms with E-state index in [4.69, 9.17) is 22.1 Å². The molecule has 3 aromatic heterocycles. The summed E-state index contributed by atoms with van der Waals surface area (Å²) < 4.78 is 21.3. The van der Waals surface area contributed by atoms with Gasteiger partial charge in [0.1, 0.15) is 5.67 Å². The van der Waals surface area contributed by atoms with Crippen molar-refractivity contribution in [2.75, 3.05) is 12.4 Å². The van der Waals surface area contributed by atoms with E-state index in [2.05, 4.69) is 15.4 Å². The third-order valence-corrected chi connectivity index (χ3v) is 4.82. The van der Waals surface area contributed by atoms with Crippen LogP contribution in [-0.4, -0.2) is 39.3 Å². The molecule has 28 heavy (non-hydrogen) atoms. The van der Waals surface area contributed by atoms with Crippen molar-refractivity contribution in [1.82, 2.24) is 14.6 Å². The summed E-state index contributed by atoms with van der Waals surface area (Å²) in [5, 5.41) is 7.76. The quantitative estimate of drug-likeness (QED) is 0.652. The first-order valence-corrected chi connectivity index (χ1v) is 8.96. The van der Waals surface area contributed by atoms with Crippen LogP contribution in [0.2, 0.25) is 5.02 Å². The molecule has 0 aliphatic heterocycles. The number of anilines is 1. The van der Waals surface area contributed by atoms with Gasteiger partial charge in [-0.15, -0.1) is 0 Å². The minimum Gasteiger partial charge on any atom is -0.481 e. The Hall–Kier alpha value is -2.87. The minimum atomic E-state index is -1.52. The third-order valence-electron chi connectivity index (χ3n) is 4.62. The first kappa shape index (κ1) is 19.9. The molecule has 0 aliphatic rings. The van der Waals surface area contributed by atoms with Crippen LogP contribution in [0.1, 0.15) is 31.1 Å². The van der Waals surface area contributed by atoms with Crippen LogP contribution < -0.4 is 15.8 Å². The SMILES string of the molecule is COc1ncc(Cl)cc1-c1cc2c(N[C@H](C)C(C)(C)F)c(C(N)=O)cnn2c1. The minimum absolute atomic E-state index is 0.171. The van der Waals surface area contributed by atoms with Crippen LogP contribution in [0.5, 0.6) is 5.88 Å². The molecule has 0 aromatic carbocycles. The molecule has 3 rings (SSSR count). The van der Waals surface area contributed by atoms with Crippen LogP contribution in [0.4, 0.5) is 10.1 Å². The molecule has 0 unspecified atom stereocenters. The second-order valence-corrected chi connectivity index (χ2v) is 7.43. The van der Waals surface area contributed by atoms with Crippen LogP contribution in [0, 0.1) is 0 Å². The van der Waals surface area contributed by atoms with Gasteiger partial charge in [-0.25, -0.2) is 13.9 Å². The number of methoxy groups -OCH3 is 1. The first-order valence-electron chi connectivity index (χ1n) is 8.58. The lowest BCUT2D eigenvalue weighted by atomic mass is 10.0. The van der Waals surface area contributed by atoms with Crippen molar-refractivity contribution < 1.29 is 13.9 Å². The summed E-state index contributed by atoms with van der Waals surface area (Å²) in [4.78, 5) is 16.1. The third kappa shape index (κ3) is 3.73. The van der Waals surface area contributed by atoms with Crippen molar-refractivity contribution >= 4 is 28.7 Å². The van der Waals surface area contributed by atoms with E-state index >= 15 is 0 Å². The van der Waals surface area contributed by atoms with E-state index in [9.17, 15) is 9.18 Å². The van der Waals surface area contributed by atoms with Crippen molar-refractivity contribution in [3.05, 3.63) is 41.3 Å². The number of halogens is 2. The molecule has 0 fully saturated rings. The van der Waals surface area contributed by atoms with Gasteiger partial charge in [-0.1, -0.05) is 11.6 Å². The molecule has 9 heteroatoms. The molecular formula is C19H21ClFN5O2. The van der Waals surface area contributed by atoms with Crippen molar-refractivity contribution in [2.45, 2.75) is 32.5 Å². The van der Waals surface area contributed by atoms with Crippen molar-refractivity contribution in [3.63, 3.8) is 0 Å². The molecule has 1 atom stereocenters. The predicted octanol–water partition coefficient (Wildman–Crippen LogP) is 3.71. The van der Waals surface area contributed by atoms with Gasteiger partial charge in [0.2, 0.25) is 5.88 Å². The molecule has 0 saturated carbocycles. The Bertz CT molecular complexity index is 1040. The number of aromatic nitrogens is 3. The second kappa shape index (κ2) is 7.27. The normalized spacial score (nSPS) is 12.8. The number of nitrogens with one attached hydrogen (secondary N) is 1. The van der Waals surface area contributed by atoms with Crippen molar-refractivity contribution in [1.29, 1.82) is 0 Å². The maximum Gasteiger partial charge on any atom is 0.252 e. The van der Waals surface area contributed by atoms with Crippen molar-refractivity contribution in [3.8, 4) is 17.0 Å². The lowest BCUT2D eigenvalue weighted by Gasteiger charge is -2.26. The Morgan fingerprint density at radius 1 is 1.39 bits per heavy atom. The monoisotopic (exact) mass is 405 g/mol. The Kier molecular flexibility index (Phi) is 5.16. The smallest absolute Gasteiger partial charge is 0.252 e. The summed E-state index contributed by atoms with van der Waals surface area (Å²) in [5.41, 5.74) is 6.49. The van der Waals surface area contributed by atoms with E-state index in [0.29, 0.717) is 27.7 Å². The summed E-state index contributed by atoms with van der Waals surface area (Å²) in [7, 11) is 1.51. The molecule has 148 valence electrons. The van der Waals surface area contributed by atoms with Gasteiger partial charge in [-0.2, -0.15) is 5.10 Å². The number of nitrogens with zero attached hydrogens (tertiary/aromatic N) is 3. The van der Waals surface area contributed by atoms with Gasteiger partial charge in [0.25, 0.3) is 5.91 Å². The van der Waals surface area contributed by atoms with Crippen LogP contribution in [-0.2, 0) is 0 Å². The Balaban J connectivity index is 2.20. The van der Waals surface area contributed by atoms with E-state index in [1.165, 1.54) is 33.4 Å². The number of hydrogen-bond acceptors (Lipinski definition) is 5. The van der Waals surface area contributed by atoms with Gasteiger partial charge in [-0.3, -0.25) is 4.79 Å². The average Bonchev–Trinajstić information content (AvgIpc) is 3.05. The van der Waals surface area contributed by atoms with Crippen LogP contribution in [0.25, 0.3) is 16.6 Å². The Morgan fingerprint density at radius 2 is 2.11 bits per heavy atom.